The number of nitrogens with one attached hydrogen (secondary N) is 1. The molecule has 0 radical (unpaired) electrons. The molecular weight excluding hydrogens is 208 g/mol. The van der Waals surface area contributed by atoms with Crippen LogP contribution in [0, 0.1) is 0 Å². The van der Waals surface area contributed by atoms with E-state index >= 15 is 0 Å². The fourth-order valence-corrected chi connectivity index (χ4v) is 1.71. The highest BCUT2D eigenvalue weighted by molar-refractivity contribution is 5.91. The van der Waals surface area contributed by atoms with Gasteiger partial charge in [0.05, 0.1) is 6.04 Å². The van der Waals surface area contributed by atoms with Crippen LogP contribution in [0.5, 0.6) is 0 Å². The number of imide groups is 1. The van der Waals surface area contributed by atoms with E-state index in [4.69, 9.17) is 4.74 Å². The Hall–Kier alpha value is -1.10. The Morgan fingerprint density at radius 2 is 2.00 bits per heavy atom. The first-order chi connectivity index (χ1) is 7.31. The normalized spacial score (nSPS) is 20.6. The highest BCUT2D eigenvalue weighted by Gasteiger charge is 2.32. The molecule has 1 N–H and O–H groups in total. The number of hydrogen-bond donors (Lipinski definition) is 1. The van der Waals surface area contributed by atoms with Gasteiger partial charge >= 0.3 is 6.09 Å². The summed E-state index contributed by atoms with van der Waals surface area (Å²) in [7, 11) is 0. The quantitative estimate of drug-likeness (QED) is 0.731. The molecule has 5 nitrogen and oxygen atoms in total. The van der Waals surface area contributed by atoms with Gasteiger partial charge in [-0.25, -0.2) is 9.69 Å². The Labute approximate surface area is 96.1 Å². The Balaban J connectivity index is 2.70. The smallest absolute Gasteiger partial charge is 0.417 e. The maximum Gasteiger partial charge on any atom is 0.417 e. The lowest BCUT2D eigenvalue weighted by Gasteiger charge is -2.28. The van der Waals surface area contributed by atoms with Crippen molar-refractivity contribution in [2.75, 3.05) is 13.1 Å². The largest absolute Gasteiger partial charge is 0.443 e. The van der Waals surface area contributed by atoms with Crippen LogP contribution in [-0.4, -0.2) is 41.6 Å². The van der Waals surface area contributed by atoms with E-state index in [0.717, 1.165) is 13.0 Å². The molecular formula is C11H20N2O3. The lowest BCUT2D eigenvalue weighted by atomic mass is 10.2. The molecule has 16 heavy (non-hydrogen) atoms. The maximum absolute atomic E-state index is 11.8. The fraction of sp³-hybridized carbons (Fsp3) is 0.818. The molecule has 1 aliphatic heterocycles. The number of carbonyl (C=O) groups is 2. The first kappa shape index (κ1) is 13.0. The van der Waals surface area contributed by atoms with Crippen LogP contribution in [-0.2, 0) is 9.53 Å². The number of ether oxygens (including phenoxy) is 1. The van der Waals surface area contributed by atoms with Crippen LogP contribution in [0.4, 0.5) is 4.79 Å². The van der Waals surface area contributed by atoms with Gasteiger partial charge in [0.1, 0.15) is 5.60 Å². The van der Waals surface area contributed by atoms with E-state index in [-0.39, 0.29) is 11.9 Å². The van der Waals surface area contributed by atoms with E-state index in [9.17, 15) is 9.59 Å². The minimum Gasteiger partial charge on any atom is -0.443 e. The molecule has 1 unspecified atom stereocenters. The summed E-state index contributed by atoms with van der Waals surface area (Å²) >= 11 is 0. The first-order valence-electron chi connectivity index (χ1n) is 5.55. The summed E-state index contributed by atoms with van der Waals surface area (Å²) in [4.78, 5) is 24.5. The third kappa shape index (κ3) is 3.48. The lowest BCUT2D eigenvalue weighted by molar-refractivity contribution is -0.129. The van der Waals surface area contributed by atoms with Gasteiger partial charge in [-0.05, 0) is 33.7 Å². The van der Waals surface area contributed by atoms with Gasteiger partial charge in [-0.1, -0.05) is 0 Å². The van der Waals surface area contributed by atoms with Gasteiger partial charge in [0.2, 0.25) is 5.91 Å². The number of rotatable bonds is 1. The topological polar surface area (TPSA) is 58.6 Å². The maximum atomic E-state index is 11.8. The van der Waals surface area contributed by atoms with Crippen LogP contribution < -0.4 is 5.32 Å². The van der Waals surface area contributed by atoms with E-state index in [2.05, 4.69) is 5.32 Å². The number of carbonyl (C=O) groups excluding carboxylic acids is 2. The summed E-state index contributed by atoms with van der Waals surface area (Å²) in [6.07, 6.45) is 0.243. The van der Waals surface area contributed by atoms with Crippen molar-refractivity contribution in [3.05, 3.63) is 0 Å². The summed E-state index contributed by atoms with van der Waals surface area (Å²) in [6, 6.07) is -0.0765. The molecule has 92 valence electrons. The van der Waals surface area contributed by atoms with E-state index < -0.39 is 11.7 Å². The first-order valence-corrected chi connectivity index (χ1v) is 5.55. The summed E-state index contributed by atoms with van der Waals surface area (Å²) in [5, 5.41) is 3.12. The van der Waals surface area contributed by atoms with Crippen molar-refractivity contribution in [1.29, 1.82) is 0 Å². The molecule has 1 saturated heterocycles. The van der Waals surface area contributed by atoms with Crippen molar-refractivity contribution < 1.29 is 14.3 Å². The Morgan fingerprint density at radius 3 is 2.38 bits per heavy atom. The van der Waals surface area contributed by atoms with Crippen LogP contribution in [0.15, 0.2) is 0 Å². The molecule has 0 aromatic heterocycles. The second kappa shape index (κ2) is 4.82. The molecule has 0 aliphatic carbocycles. The summed E-state index contributed by atoms with van der Waals surface area (Å²) in [5.74, 6) is -0.261. The van der Waals surface area contributed by atoms with Crippen molar-refractivity contribution in [1.82, 2.24) is 10.2 Å². The SMILES string of the molecule is CC(=O)N(C(=O)OC(C)(C)C)C1CCNC1. The Kier molecular flexibility index (Phi) is 3.91. The number of hydrogen-bond acceptors (Lipinski definition) is 4. The Bertz CT molecular complexity index is 277. The van der Waals surface area contributed by atoms with Gasteiger partial charge in [-0.2, -0.15) is 0 Å². The lowest BCUT2D eigenvalue weighted by Crippen LogP contribution is -2.46. The van der Waals surface area contributed by atoms with Gasteiger partial charge in [0.15, 0.2) is 0 Å². The van der Waals surface area contributed by atoms with Crippen LogP contribution >= 0.6 is 0 Å². The van der Waals surface area contributed by atoms with E-state index in [1.165, 1.54) is 11.8 Å². The van der Waals surface area contributed by atoms with Gasteiger partial charge in [0.25, 0.3) is 0 Å². The fourth-order valence-electron chi connectivity index (χ4n) is 1.71. The van der Waals surface area contributed by atoms with Crippen LogP contribution in [0.1, 0.15) is 34.1 Å². The zero-order chi connectivity index (χ0) is 12.3. The monoisotopic (exact) mass is 228 g/mol. The second-order valence-corrected chi connectivity index (χ2v) is 5.02. The summed E-state index contributed by atoms with van der Waals surface area (Å²) < 4.78 is 5.21. The number of amides is 2. The van der Waals surface area contributed by atoms with Crippen molar-refractivity contribution in [3.8, 4) is 0 Å². The minimum absolute atomic E-state index is 0.0765. The molecule has 0 spiro atoms. The van der Waals surface area contributed by atoms with Crippen molar-refractivity contribution in [2.24, 2.45) is 0 Å². The van der Waals surface area contributed by atoms with Crippen molar-refractivity contribution in [3.63, 3.8) is 0 Å². The zero-order valence-corrected chi connectivity index (χ0v) is 10.4. The highest BCUT2D eigenvalue weighted by Crippen LogP contribution is 2.15. The molecule has 1 fully saturated rings. The van der Waals surface area contributed by atoms with Crippen molar-refractivity contribution >= 4 is 12.0 Å². The second-order valence-electron chi connectivity index (χ2n) is 5.02. The average molecular weight is 228 g/mol. The average Bonchev–Trinajstić information content (AvgIpc) is 2.52. The molecule has 1 atom stereocenters. The molecule has 1 rings (SSSR count). The van der Waals surface area contributed by atoms with Gasteiger partial charge in [0, 0.05) is 13.5 Å². The zero-order valence-electron chi connectivity index (χ0n) is 10.4. The van der Waals surface area contributed by atoms with Crippen LogP contribution in [0.25, 0.3) is 0 Å². The standard InChI is InChI=1S/C11H20N2O3/c1-8(14)13(9-5-6-12-7-9)10(15)16-11(2,3)4/h9,12H,5-7H2,1-4H3. The van der Waals surface area contributed by atoms with Gasteiger partial charge in [-0.3, -0.25) is 4.79 Å². The third-order valence-corrected chi connectivity index (χ3v) is 2.33. The molecule has 1 aliphatic rings. The molecule has 0 aromatic carbocycles. The van der Waals surface area contributed by atoms with Gasteiger partial charge < -0.3 is 10.1 Å². The molecule has 0 aromatic rings. The highest BCUT2D eigenvalue weighted by atomic mass is 16.6. The molecule has 0 bridgehead atoms. The minimum atomic E-state index is -0.573. The molecule has 5 heteroatoms. The van der Waals surface area contributed by atoms with E-state index in [0.29, 0.717) is 6.54 Å². The number of nitrogens with zero attached hydrogens (tertiary/aromatic N) is 1. The summed E-state index contributed by atoms with van der Waals surface area (Å²) in [5.41, 5.74) is -0.573. The van der Waals surface area contributed by atoms with Gasteiger partial charge in [-0.15, -0.1) is 0 Å². The molecule has 1 heterocycles. The van der Waals surface area contributed by atoms with E-state index in [1.807, 2.05) is 0 Å². The predicted molar refractivity (Wildman–Crippen MR) is 60.0 cm³/mol. The van der Waals surface area contributed by atoms with Crippen LogP contribution in [0.2, 0.25) is 0 Å². The summed E-state index contributed by atoms with van der Waals surface area (Å²) in [6.45, 7) is 8.24. The van der Waals surface area contributed by atoms with Crippen LogP contribution in [0.3, 0.4) is 0 Å². The predicted octanol–water partition coefficient (Wildman–Crippen LogP) is 1.13. The molecule has 2 amide bonds. The van der Waals surface area contributed by atoms with Crippen molar-refractivity contribution in [2.45, 2.75) is 45.8 Å². The third-order valence-electron chi connectivity index (χ3n) is 2.33. The Morgan fingerprint density at radius 1 is 1.38 bits per heavy atom. The van der Waals surface area contributed by atoms with E-state index in [1.54, 1.807) is 20.8 Å². The molecule has 0 saturated carbocycles.